The van der Waals surface area contributed by atoms with E-state index in [1.165, 1.54) is 52.7 Å². The van der Waals surface area contributed by atoms with E-state index < -0.39 is 28.5 Å². The summed E-state index contributed by atoms with van der Waals surface area (Å²) in [4.78, 5) is 13.5. The molecule has 3 rings (SSSR count). The van der Waals surface area contributed by atoms with Crippen LogP contribution >= 0.6 is 0 Å². The van der Waals surface area contributed by atoms with Gasteiger partial charge >= 0.3 is 0 Å². The quantitative estimate of drug-likeness (QED) is 0.284. The molecule has 0 aliphatic rings. The van der Waals surface area contributed by atoms with Crippen LogP contribution in [0, 0.1) is 6.92 Å². The molecule has 0 aromatic heterocycles. The zero-order chi connectivity index (χ0) is 31.2. The molecule has 0 radical (unpaired) electrons. The summed E-state index contributed by atoms with van der Waals surface area (Å²) in [5, 5.41) is 2.97. The lowest BCUT2D eigenvalue weighted by atomic mass is 9.93. The first-order valence-electron chi connectivity index (χ1n) is 13.4. The maximum Gasteiger partial charge on any atom is 0.265 e. The van der Waals surface area contributed by atoms with Gasteiger partial charge in [-0.1, -0.05) is 13.8 Å². The fourth-order valence-corrected chi connectivity index (χ4v) is 6.14. The molecule has 0 aliphatic carbocycles. The highest BCUT2D eigenvalue weighted by molar-refractivity contribution is 7.92. The summed E-state index contributed by atoms with van der Waals surface area (Å²) in [6.45, 7) is 7.41. The maximum absolute atomic E-state index is 14.1. The smallest absolute Gasteiger partial charge is 0.265 e. The predicted octanol–water partition coefficient (Wildman–Crippen LogP) is 5.23. The van der Waals surface area contributed by atoms with E-state index in [1.54, 1.807) is 19.2 Å². The van der Waals surface area contributed by atoms with E-state index in [9.17, 15) is 13.2 Å². The Morgan fingerprint density at radius 1 is 0.762 bits per heavy atom. The van der Waals surface area contributed by atoms with E-state index in [0.29, 0.717) is 11.5 Å². The number of aryl methyl sites for hydroxylation is 1. The molecule has 1 amide bonds. The summed E-state index contributed by atoms with van der Waals surface area (Å²) in [5.41, 5.74) is 2.99. The third-order valence-electron chi connectivity index (χ3n) is 6.97. The Balaban J connectivity index is 2.06. The van der Waals surface area contributed by atoms with Crippen LogP contribution in [-0.2, 0) is 14.8 Å². The number of rotatable bonds is 13. The van der Waals surface area contributed by atoms with Gasteiger partial charge in [-0.05, 0) is 72.9 Å². The number of hydrogen-bond acceptors (Lipinski definition) is 8. The molecule has 3 aromatic rings. The van der Waals surface area contributed by atoms with Gasteiger partial charge in [0.1, 0.15) is 23.8 Å². The summed E-state index contributed by atoms with van der Waals surface area (Å²) >= 11 is 0. The molecule has 10 nitrogen and oxygen atoms in total. The van der Waals surface area contributed by atoms with Gasteiger partial charge < -0.3 is 29.0 Å². The van der Waals surface area contributed by atoms with Gasteiger partial charge in [0.2, 0.25) is 5.91 Å². The average Bonchev–Trinajstić information content (AvgIpc) is 2.98. The van der Waals surface area contributed by atoms with Gasteiger partial charge in [-0.15, -0.1) is 0 Å². The molecule has 0 fully saturated rings. The molecular weight excluding hydrogens is 560 g/mol. The first kappa shape index (κ1) is 32.4. The second-order valence-corrected chi connectivity index (χ2v) is 11.8. The molecule has 11 heteroatoms. The Hall–Kier alpha value is -4.12. The molecule has 3 aromatic carbocycles. The minimum atomic E-state index is -4.32. The summed E-state index contributed by atoms with van der Waals surface area (Å²) in [7, 11) is 3.08. The van der Waals surface area contributed by atoms with Crippen molar-refractivity contribution in [1.82, 2.24) is 5.32 Å². The number of amides is 1. The Morgan fingerprint density at radius 3 is 1.95 bits per heavy atom. The van der Waals surface area contributed by atoms with Gasteiger partial charge in [0.15, 0.2) is 11.5 Å². The lowest BCUT2D eigenvalue weighted by Crippen LogP contribution is -2.42. The SMILES string of the molecule is COc1ccc(OC)c(N(CC(=O)N[C@@H](C)c2cc(C(C)C)c(OC)cc2C)S(=O)(=O)c2ccc(OC)c(OC)c2)c1. The van der Waals surface area contributed by atoms with E-state index in [0.717, 1.165) is 26.7 Å². The van der Waals surface area contributed by atoms with E-state index in [1.807, 2.05) is 26.0 Å². The standard InChI is InChI=1S/C31H40N2O8S/c1-19(2)24-17-25(20(3)14-29(24)40-8)21(4)32-31(34)18-33(26-15-22(37-5)10-12-27(26)38-6)42(35,36)23-11-13-28(39-7)30(16-23)41-9/h10-17,19,21H,18H2,1-9H3,(H,32,34)/t21-/m0/s1. The van der Waals surface area contributed by atoms with E-state index >= 15 is 0 Å². The first-order valence-corrected chi connectivity index (χ1v) is 14.8. The van der Waals surface area contributed by atoms with Crippen LogP contribution < -0.4 is 33.3 Å². The van der Waals surface area contributed by atoms with Crippen molar-refractivity contribution in [3.63, 3.8) is 0 Å². The van der Waals surface area contributed by atoms with Gasteiger partial charge in [0, 0.05) is 12.1 Å². The van der Waals surface area contributed by atoms with Gasteiger partial charge in [0.25, 0.3) is 10.0 Å². The van der Waals surface area contributed by atoms with E-state index in [2.05, 4.69) is 19.2 Å². The Labute approximate surface area is 248 Å². The van der Waals surface area contributed by atoms with Crippen LogP contribution in [0.1, 0.15) is 49.4 Å². The summed E-state index contributed by atoms with van der Waals surface area (Å²) in [6, 6.07) is 12.5. The number of anilines is 1. The molecule has 0 heterocycles. The van der Waals surface area contributed by atoms with Gasteiger partial charge in [-0.25, -0.2) is 8.42 Å². The Bertz CT molecular complexity index is 1520. The van der Waals surface area contributed by atoms with Crippen LogP contribution in [0.25, 0.3) is 0 Å². The van der Waals surface area contributed by atoms with Crippen molar-refractivity contribution < 1.29 is 36.9 Å². The number of nitrogens with zero attached hydrogens (tertiary/aromatic N) is 1. The number of benzene rings is 3. The number of nitrogens with one attached hydrogen (secondary N) is 1. The third kappa shape index (κ3) is 6.84. The summed E-state index contributed by atoms with van der Waals surface area (Å²) in [5.74, 6) is 1.69. The summed E-state index contributed by atoms with van der Waals surface area (Å²) < 4.78 is 56.3. The largest absolute Gasteiger partial charge is 0.497 e. The number of ether oxygens (including phenoxy) is 5. The molecule has 0 spiro atoms. The van der Waals surface area contributed by atoms with Crippen molar-refractivity contribution in [3.05, 3.63) is 65.2 Å². The monoisotopic (exact) mass is 600 g/mol. The van der Waals surface area contributed by atoms with Gasteiger partial charge in [-0.3, -0.25) is 9.10 Å². The summed E-state index contributed by atoms with van der Waals surface area (Å²) in [6.07, 6.45) is 0. The molecule has 228 valence electrons. The third-order valence-corrected chi connectivity index (χ3v) is 8.73. The lowest BCUT2D eigenvalue weighted by Gasteiger charge is -2.27. The van der Waals surface area contributed by atoms with Crippen LogP contribution in [-0.4, -0.2) is 56.4 Å². The second-order valence-electron chi connectivity index (χ2n) is 9.96. The molecule has 0 bridgehead atoms. The number of hydrogen-bond donors (Lipinski definition) is 1. The van der Waals surface area contributed by atoms with Gasteiger partial charge in [-0.2, -0.15) is 0 Å². The predicted molar refractivity (Wildman–Crippen MR) is 162 cm³/mol. The number of sulfonamides is 1. The molecule has 1 N–H and O–H groups in total. The number of methoxy groups -OCH3 is 5. The van der Waals surface area contributed by atoms with E-state index in [4.69, 9.17) is 23.7 Å². The minimum Gasteiger partial charge on any atom is -0.497 e. The van der Waals surface area contributed by atoms with Crippen molar-refractivity contribution in [2.75, 3.05) is 46.4 Å². The zero-order valence-corrected chi connectivity index (χ0v) is 26.4. The van der Waals surface area contributed by atoms with Crippen LogP contribution in [0.2, 0.25) is 0 Å². The first-order chi connectivity index (χ1) is 19.9. The normalized spacial score (nSPS) is 12.0. The topological polar surface area (TPSA) is 113 Å². The van der Waals surface area contributed by atoms with Crippen LogP contribution in [0.4, 0.5) is 5.69 Å². The zero-order valence-electron chi connectivity index (χ0n) is 25.6. The molecule has 0 aliphatic heterocycles. The van der Waals surface area contributed by atoms with Crippen molar-refractivity contribution in [3.8, 4) is 28.7 Å². The Morgan fingerprint density at radius 2 is 1.38 bits per heavy atom. The van der Waals surface area contributed by atoms with Crippen molar-refractivity contribution in [1.29, 1.82) is 0 Å². The van der Waals surface area contributed by atoms with Crippen LogP contribution in [0.15, 0.2) is 53.4 Å². The highest BCUT2D eigenvalue weighted by atomic mass is 32.2. The molecular formula is C31H40N2O8S. The fraction of sp³-hybridized carbons (Fsp3) is 0.387. The Kier molecular flexibility index (Phi) is 10.6. The number of carbonyl (C=O) groups is 1. The van der Waals surface area contributed by atoms with Crippen molar-refractivity contribution >= 4 is 21.6 Å². The van der Waals surface area contributed by atoms with Crippen molar-refractivity contribution in [2.45, 2.75) is 44.6 Å². The minimum absolute atomic E-state index is 0.0987. The molecule has 0 unspecified atom stereocenters. The molecule has 0 saturated carbocycles. The van der Waals surface area contributed by atoms with Crippen LogP contribution in [0.3, 0.4) is 0 Å². The second kappa shape index (κ2) is 13.7. The highest BCUT2D eigenvalue weighted by Crippen LogP contribution is 2.38. The fourth-order valence-electron chi connectivity index (χ4n) is 4.70. The molecule has 42 heavy (non-hydrogen) atoms. The molecule has 0 saturated heterocycles. The highest BCUT2D eigenvalue weighted by Gasteiger charge is 2.31. The maximum atomic E-state index is 14.1. The van der Waals surface area contributed by atoms with E-state index in [-0.39, 0.29) is 28.0 Å². The van der Waals surface area contributed by atoms with Gasteiger partial charge in [0.05, 0.1) is 52.2 Å². The lowest BCUT2D eigenvalue weighted by molar-refractivity contribution is -0.120. The number of carbonyl (C=O) groups excluding carboxylic acids is 1. The molecule has 1 atom stereocenters. The average molecular weight is 601 g/mol. The van der Waals surface area contributed by atoms with Crippen LogP contribution in [0.5, 0.6) is 28.7 Å². The van der Waals surface area contributed by atoms with Crippen molar-refractivity contribution in [2.24, 2.45) is 0 Å².